The third kappa shape index (κ3) is 1.77. The van der Waals surface area contributed by atoms with E-state index in [2.05, 4.69) is 34.3 Å². The summed E-state index contributed by atoms with van der Waals surface area (Å²) >= 11 is 0. The molecule has 0 aromatic heterocycles. The third-order valence-corrected chi connectivity index (χ3v) is 13.2. The lowest BCUT2D eigenvalue weighted by atomic mass is 9.26. The molecule has 0 N–H and O–H groups in total. The molecule has 1 spiro atoms. The Morgan fingerprint density at radius 2 is 1.82 bits per heavy atom. The van der Waals surface area contributed by atoms with Gasteiger partial charge < -0.3 is 4.74 Å². The fourth-order valence-corrected chi connectivity index (χ4v) is 12.9. The standard InChI is InChI=1S/C29H38O4/c1-6-12-33-25(32)27(5)10-7-9-26(4)16(27)8-11-28-17(26)13-15-18-20(28)23(31)19-21(22(18)30)29(15,14(2)3)24(19)28/h6,14-21,24H,1,7-13H2,2-5H3/t15-,16-,17-,18+,19?,20-,21?,24?,26+,27-,28+,29?/m1/s1. The molecule has 8 fully saturated rings. The van der Waals surface area contributed by atoms with Crippen molar-refractivity contribution in [2.75, 3.05) is 6.61 Å². The predicted octanol–water partition coefficient (Wildman–Crippen LogP) is 4.86. The van der Waals surface area contributed by atoms with Crippen molar-refractivity contribution in [3.8, 4) is 0 Å². The molecule has 8 aliphatic carbocycles. The van der Waals surface area contributed by atoms with Gasteiger partial charge in [0.1, 0.15) is 18.2 Å². The summed E-state index contributed by atoms with van der Waals surface area (Å²) in [5, 5.41) is 0. The molecule has 33 heavy (non-hydrogen) atoms. The Morgan fingerprint density at radius 1 is 1.09 bits per heavy atom. The summed E-state index contributed by atoms with van der Waals surface area (Å²) in [5.74, 6) is 2.89. The zero-order valence-corrected chi connectivity index (χ0v) is 20.6. The van der Waals surface area contributed by atoms with Crippen molar-refractivity contribution in [3.05, 3.63) is 12.7 Å². The van der Waals surface area contributed by atoms with Gasteiger partial charge >= 0.3 is 5.97 Å². The van der Waals surface area contributed by atoms with Gasteiger partial charge in [-0.3, -0.25) is 14.4 Å². The van der Waals surface area contributed by atoms with Crippen LogP contribution in [-0.4, -0.2) is 24.1 Å². The van der Waals surface area contributed by atoms with E-state index in [0.29, 0.717) is 35.2 Å². The van der Waals surface area contributed by atoms with E-state index in [4.69, 9.17) is 4.74 Å². The van der Waals surface area contributed by atoms with E-state index < -0.39 is 5.41 Å². The Hall–Kier alpha value is -1.45. The van der Waals surface area contributed by atoms with Crippen molar-refractivity contribution in [3.63, 3.8) is 0 Å². The first-order valence-electron chi connectivity index (χ1n) is 13.5. The molecule has 6 bridgehead atoms. The van der Waals surface area contributed by atoms with E-state index in [9.17, 15) is 14.4 Å². The highest BCUT2D eigenvalue weighted by Crippen LogP contribution is 2.92. The van der Waals surface area contributed by atoms with Crippen LogP contribution in [0.3, 0.4) is 0 Å². The molecular formula is C29H38O4. The maximum absolute atomic E-state index is 13.8. The molecule has 0 saturated heterocycles. The van der Waals surface area contributed by atoms with Crippen molar-refractivity contribution in [2.24, 2.45) is 74.9 Å². The van der Waals surface area contributed by atoms with E-state index in [0.717, 1.165) is 38.5 Å². The van der Waals surface area contributed by atoms with Crippen LogP contribution in [0, 0.1) is 74.9 Å². The molecule has 0 aromatic carbocycles. The lowest BCUT2D eigenvalue weighted by Gasteiger charge is -2.76. The van der Waals surface area contributed by atoms with Gasteiger partial charge in [0.05, 0.1) is 5.41 Å². The molecule has 0 amide bonds. The molecule has 12 atom stereocenters. The SMILES string of the molecule is C=CCOC(=O)[C@]1(C)CCC[C@]2(C)[C@H]3C[C@@H]4[C@@H]5C(=O)C6C7C(=O)[C@@H]5[C@@]3(CC[C@H]21)C7C64C(C)C. The van der Waals surface area contributed by atoms with Crippen LogP contribution in [0.25, 0.3) is 0 Å². The quantitative estimate of drug-likeness (QED) is 0.453. The van der Waals surface area contributed by atoms with Crippen LogP contribution in [0.2, 0.25) is 0 Å². The fraction of sp³-hybridized carbons (Fsp3) is 0.828. The van der Waals surface area contributed by atoms with Gasteiger partial charge in [0.2, 0.25) is 0 Å². The van der Waals surface area contributed by atoms with Gasteiger partial charge in [0, 0.05) is 23.7 Å². The number of esters is 1. The van der Waals surface area contributed by atoms with Gasteiger partial charge in [-0.25, -0.2) is 0 Å². The molecule has 4 heteroatoms. The zero-order chi connectivity index (χ0) is 23.3. The van der Waals surface area contributed by atoms with E-state index in [-0.39, 0.29) is 58.4 Å². The second-order valence-corrected chi connectivity index (χ2v) is 13.7. The summed E-state index contributed by atoms with van der Waals surface area (Å²) in [6.07, 6.45) is 7.83. The highest BCUT2D eigenvalue weighted by Gasteiger charge is 2.94. The number of fused-ring (bicyclic) bond motifs is 2. The first-order chi connectivity index (χ1) is 15.6. The number of hydrogen-bond donors (Lipinski definition) is 0. The lowest BCUT2D eigenvalue weighted by molar-refractivity contribution is -0.305. The first kappa shape index (κ1) is 20.9. The summed E-state index contributed by atoms with van der Waals surface area (Å²) in [4.78, 5) is 40.7. The van der Waals surface area contributed by atoms with Crippen LogP contribution in [0.5, 0.6) is 0 Å². The van der Waals surface area contributed by atoms with Crippen LogP contribution >= 0.6 is 0 Å². The van der Waals surface area contributed by atoms with Crippen LogP contribution < -0.4 is 0 Å². The average molecular weight is 451 g/mol. The molecule has 8 aliphatic rings. The number of Topliss-reactive ketones (excluding diaryl/α,β-unsaturated/α-hetero) is 2. The van der Waals surface area contributed by atoms with Crippen LogP contribution in [-0.2, 0) is 19.1 Å². The number of ether oxygens (including phenoxy) is 1. The first-order valence-corrected chi connectivity index (χ1v) is 13.5. The molecule has 0 aromatic rings. The molecule has 4 unspecified atom stereocenters. The molecule has 178 valence electrons. The van der Waals surface area contributed by atoms with Crippen LogP contribution in [0.4, 0.5) is 0 Å². The molecular weight excluding hydrogens is 412 g/mol. The molecule has 8 rings (SSSR count). The number of carbonyl (C=O) groups excluding carboxylic acids is 3. The predicted molar refractivity (Wildman–Crippen MR) is 123 cm³/mol. The molecule has 0 heterocycles. The minimum atomic E-state index is -0.464. The second kappa shape index (κ2) is 5.85. The van der Waals surface area contributed by atoms with Crippen molar-refractivity contribution in [1.29, 1.82) is 0 Å². The minimum Gasteiger partial charge on any atom is -0.461 e. The zero-order valence-electron chi connectivity index (χ0n) is 20.6. The van der Waals surface area contributed by atoms with E-state index in [1.807, 2.05) is 0 Å². The number of hydrogen-bond acceptors (Lipinski definition) is 4. The van der Waals surface area contributed by atoms with E-state index >= 15 is 0 Å². The van der Waals surface area contributed by atoms with Gasteiger partial charge in [-0.05, 0) is 84.9 Å². The molecule has 0 aliphatic heterocycles. The lowest BCUT2D eigenvalue weighted by Crippen LogP contribution is -2.73. The van der Waals surface area contributed by atoms with Crippen molar-refractivity contribution < 1.29 is 19.1 Å². The highest BCUT2D eigenvalue weighted by molar-refractivity contribution is 6.07. The number of ketones is 2. The average Bonchev–Trinajstić information content (AvgIpc) is 2.94. The second-order valence-electron chi connectivity index (χ2n) is 13.7. The monoisotopic (exact) mass is 450 g/mol. The van der Waals surface area contributed by atoms with Gasteiger partial charge in [-0.1, -0.05) is 39.8 Å². The normalized spacial score (nSPS) is 58.8. The van der Waals surface area contributed by atoms with Gasteiger partial charge in [-0.2, -0.15) is 0 Å². The molecule has 4 nitrogen and oxygen atoms in total. The fourth-order valence-electron chi connectivity index (χ4n) is 12.9. The smallest absolute Gasteiger partial charge is 0.312 e. The summed E-state index contributed by atoms with van der Waals surface area (Å²) in [7, 11) is 0. The van der Waals surface area contributed by atoms with Crippen molar-refractivity contribution in [2.45, 2.75) is 66.2 Å². The third-order valence-electron chi connectivity index (χ3n) is 13.2. The Morgan fingerprint density at radius 3 is 2.52 bits per heavy atom. The number of rotatable bonds is 4. The maximum Gasteiger partial charge on any atom is 0.312 e. The Balaban J connectivity index is 1.35. The van der Waals surface area contributed by atoms with E-state index in [1.54, 1.807) is 6.08 Å². The molecule has 0 radical (unpaired) electrons. The Bertz CT molecular complexity index is 1010. The Kier molecular flexibility index (Phi) is 3.70. The van der Waals surface area contributed by atoms with Crippen LogP contribution in [0.1, 0.15) is 66.2 Å². The van der Waals surface area contributed by atoms with E-state index in [1.165, 1.54) is 0 Å². The molecule has 8 saturated carbocycles. The number of carbonyl (C=O) groups is 3. The van der Waals surface area contributed by atoms with Crippen LogP contribution in [0.15, 0.2) is 12.7 Å². The maximum atomic E-state index is 13.8. The summed E-state index contributed by atoms with van der Waals surface area (Å²) in [5.41, 5.74) is -0.344. The highest BCUT2D eigenvalue weighted by atomic mass is 16.5. The Labute approximate surface area is 197 Å². The largest absolute Gasteiger partial charge is 0.461 e. The topological polar surface area (TPSA) is 60.4 Å². The van der Waals surface area contributed by atoms with Gasteiger partial charge in [-0.15, -0.1) is 0 Å². The van der Waals surface area contributed by atoms with Gasteiger partial charge in [0.25, 0.3) is 0 Å². The van der Waals surface area contributed by atoms with Crippen molar-refractivity contribution >= 4 is 17.5 Å². The summed E-state index contributed by atoms with van der Waals surface area (Å²) in [6.45, 7) is 13.2. The van der Waals surface area contributed by atoms with Gasteiger partial charge in [0.15, 0.2) is 0 Å². The summed E-state index contributed by atoms with van der Waals surface area (Å²) < 4.78 is 5.65. The minimum absolute atomic E-state index is 0.00260. The van der Waals surface area contributed by atoms with Crippen molar-refractivity contribution in [1.82, 2.24) is 0 Å². The summed E-state index contributed by atoms with van der Waals surface area (Å²) in [6, 6.07) is 0.